The Hall–Kier alpha value is -1.60. The molecule has 0 aliphatic carbocycles. The van der Waals surface area contributed by atoms with Crippen LogP contribution in [-0.2, 0) is 0 Å². The van der Waals surface area contributed by atoms with E-state index >= 15 is 0 Å². The van der Waals surface area contributed by atoms with Crippen LogP contribution in [0.2, 0.25) is 0 Å². The van der Waals surface area contributed by atoms with Crippen molar-refractivity contribution in [3.05, 3.63) is 23.9 Å². The molecule has 0 unspecified atom stereocenters. The molecule has 1 heterocycles. The molecule has 86 valence electrons. The number of nitriles is 1. The van der Waals surface area contributed by atoms with Crippen molar-refractivity contribution in [3.63, 3.8) is 0 Å². The molecule has 16 heavy (non-hydrogen) atoms. The fourth-order valence-corrected chi connectivity index (χ4v) is 1.38. The van der Waals surface area contributed by atoms with E-state index in [1.807, 2.05) is 6.07 Å². The predicted molar refractivity (Wildman–Crippen MR) is 62.2 cm³/mol. The average molecular weight is 219 g/mol. The lowest BCUT2D eigenvalue weighted by Gasteiger charge is -2.17. The van der Waals surface area contributed by atoms with Crippen LogP contribution in [0.1, 0.15) is 19.5 Å². The van der Waals surface area contributed by atoms with Gasteiger partial charge < -0.3 is 9.64 Å². The van der Waals surface area contributed by atoms with Gasteiger partial charge in [0.05, 0.1) is 0 Å². The second kappa shape index (κ2) is 6.81. The van der Waals surface area contributed by atoms with E-state index < -0.39 is 0 Å². The number of hydrogen-bond donors (Lipinski definition) is 0. The molecule has 0 aliphatic rings. The van der Waals surface area contributed by atoms with Crippen LogP contribution in [0.5, 0.6) is 5.88 Å². The third-order valence-corrected chi connectivity index (χ3v) is 2.39. The zero-order valence-electron chi connectivity index (χ0n) is 9.81. The maximum Gasteiger partial charge on any atom is 0.214 e. The first-order valence-electron chi connectivity index (χ1n) is 5.52. The Balaban J connectivity index is 2.40. The minimum atomic E-state index is 0.389. The van der Waals surface area contributed by atoms with E-state index in [1.165, 1.54) is 0 Å². The van der Waals surface area contributed by atoms with E-state index in [9.17, 15) is 0 Å². The van der Waals surface area contributed by atoms with Crippen molar-refractivity contribution in [1.29, 1.82) is 5.26 Å². The summed E-state index contributed by atoms with van der Waals surface area (Å²) in [5.74, 6) is 0.520. The summed E-state index contributed by atoms with van der Waals surface area (Å²) in [5.41, 5.74) is 0.389. The van der Waals surface area contributed by atoms with Gasteiger partial charge in [-0.1, -0.05) is 19.9 Å². The number of likely N-dealkylation sites (N-methyl/N-ethyl adjacent to an activating group) is 1. The predicted octanol–water partition coefficient (Wildman–Crippen LogP) is 1.67. The fraction of sp³-hybridized carbons (Fsp3) is 0.500. The molecule has 0 atom stereocenters. The van der Waals surface area contributed by atoms with Gasteiger partial charge in [0, 0.05) is 12.6 Å². The summed E-state index contributed by atoms with van der Waals surface area (Å²) in [6.45, 7) is 7.77. The largest absolute Gasteiger partial charge is 0.476 e. The smallest absolute Gasteiger partial charge is 0.214 e. The minimum absolute atomic E-state index is 0.389. The molecule has 0 spiro atoms. The third kappa shape index (κ3) is 3.87. The van der Waals surface area contributed by atoms with Crippen LogP contribution in [0.3, 0.4) is 0 Å². The molecule has 0 saturated heterocycles. The summed E-state index contributed by atoms with van der Waals surface area (Å²) in [6.07, 6.45) is 0. The lowest BCUT2D eigenvalue weighted by Crippen LogP contribution is -2.28. The second-order valence-electron chi connectivity index (χ2n) is 3.35. The van der Waals surface area contributed by atoms with Crippen LogP contribution in [0, 0.1) is 11.3 Å². The normalized spacial score (nSPS) is 10.1. The van der Waals surface area contributed by atoms with E-state index in [2.05, 4.69) is 23.7 Å². The molecule has 1 aromatic rings. The Morgan fingerprint density at radius 3 is 2.75 bits per heavy atom. The van der Waals surface area contributed by atoms with Crippen molar-refractivity contribution >= 4 is 0 Å². The van der Waals surface area contributed by atoms with Crippen LogP contribution in [0.25, 0.3) is 0 Å². The Morgan fingerprint density at radius 1 is 1.38 bits per heavy atom. The number of aromatic nitrogens is 1. The van der Waals surface area contributed by atoms with E-state index in [4.69, 9.17) is 10.00 Å². The Morgan fingerprint density at radius 2 is 2.12 bits per heavy atom. The lowest BCUT2D eigenvalue weighted by atomic mass is 10.4. The maximum atomic E-state index is 8.68. The first kappa shape index (κ1) is 12.5. The van der Waals surface area contributed by atoms with Gasteiger partial charge in [0.1, 0.15) is 18.4 Å². The van der Waals surface area contributed by atoms with Gasteiger partial charge in [-0.25, -0.2) is 4.98 Å². The number of ether oxygens (including phenoxy) is 1. The number of nitrogens with zero attached hydrogens (tertiary/aromatic N) is 3. The minimum Gasteiger partial charge on any atom is -0.476 e. The lowest BCUT2D eigenvalue weighted by molar-refractivity contribution is 0.218. The van der Waals surface area contributed by atoms with Crippen molar-refractivity contribution in [2.24, 2.45) is 0 Å². The molecular formula is C12H17N3O. The molecule has 4 heteroatoms. The summed E-state index contributed by atoms with van der Waals surface area (Å²) in [7, 11) is 0. The van der Waals surface area contributed by atoms with Crippen molar-refractivity contribution in [2.75, 3.05) is 26.2 Å². The number of rotatable bonds is 6. The summed E-state index contributed by atoms with van der Waals surface area (Å²) in [6, 6.07) is 7.19. The van der Waals surface area contributed by atoms with Gasteiger partial charge in [0.25, 0.3) is 0 Å². The van der Waals surface area contributed by atoms with Gasteiger partial charge in [0.2, 0.25) is 5.88 Å². The van der Waals surface area contributed by atoms with Gasteiger partial charge in [-0.15, -0.1) is 0 Å². The van der Waals surface area contributed by atoms with Gasteiger partial charge >= 0.3 is 0 Å². The van der Waals surface area contributed by atoms with Gasteiger partial charge in [-0.2, -0.15) is 5.26 Å². The highest BCUT2D eigenvalue weighted by molar-refractivity contribution is 5.24. The van der Waals surface area contributed by atoms with Crippen molar-refractivity contribution in [3.8, 4) is 11.9 Å². The van der Waals surface area contributed by atoms with Gasteiger partial charge in [-0.05, 0) is 19.2 Å². The highest BCUT2D eigenvalue weighted by Gasteiger charge is 2.01. The topological polar surface area (TPSA) is 49.1 Å². The van der Waals surface area contributed by atoms with Crippen LogP contribution >= 0.6 is 0 Å². The standard InChI is InChI=1S/C12H17N3O/c1-3-15(4-2)8-9-16-12-7-5-6-11(10-13)14-12/h5-7H,3-4,8-9H2,1-2H3. The molecule has 0 aliphatic heterocycles. The monoisotopic (exact) mass is 219 g/mol. The summed E-state index contributed by atoms with van der Waals surface area (Å²) < 4.78 is 5.48. The van der Waals surface area contributed by atoms with Crippen LogP contribution in [-0.4, -0.2) is 36.1 Å². The molecule has 0 saturated carbocycles. The van der Waals surface area contributed by atoms with Gasteiger partial charge in [0.15, 0.2) is 0 Å². The Bertz CT molecular complexity index is 356. The van der Waals surface area contributed by atoms with Crippen LogP contribution in [0.4, 0.5) is 0 Å². The molecule has 4 nitrogen and oxygen atoms in total. The fourth-order valence-electron chi connectivity index (χ4n) is 1.38. The molecule has 1 aromatic heterocycles. The highest BCUT2D eigenvalue weighted by atomic mass is 16.5. The average Bonchev–Trinajstić information content (AvgIpc) is 2.35. The zero-order valence-corrected chi connectivity index (χ0v) is 9.81. The second-order valence-corrected chi connectivity index (χ2v) is 3.35. The molecular weight excluding hydrogens is 202 g/mol. The summed E-state index contributed by atoms with van der Waals surface area (Å²) in [5, 5.41) is 8.68. The van der Waals surface area contributed by atoms with Crippen LogP contribution in [0.15, 0.2) is 18.2 Å². The maximum absolute atomic E-state index is 8.68. The first-order chi connectivity index (χ1) is 7.80. The third-order valence-electron chi connectivity index (χ3n) is 2.39. The van der Waals surface area contributed by atoms with Crippen molar-refractivity contribution in [2.45, 2.75) is 13.8 Å². The van der Waals surface area contributed by atoms with E-state index in [0.29, 0.717) is 18.2 Å². The van der Waals surface area contributed by atoms with E-state index in [0.717, 1.165) is 19.6 Å². The molecule has 0 aromatic carbocycles. The number of hydrogen-bond acceptors (Lipinski definition) is 4. The quantitative estimate of drug-likeness (QED) is 0.730. The molecule has 0 bridgehead atoms. The van der Waals surface area contributed by atoms with Crippen molar-refractivity contribution < 1.29 is 4.74 Å². The first-order valence-corrected chi connectivity index (χ1v) is 5.52. The van der Waals surface area contributed by atoms with E-state index in [1.54, 1.807) is 18.2 Å². The van der Waals surface area contributed by atoms with Crippen molar-refractivity contribution in [1.82, 2.24) is 9.88 Å². The molecule has 0 N–H and O–H groups in total. The SMILES string of the molecule is CCN(CC)CCOc1cccc(C#N)n1. The molecule has 0 fully saturated rings. The number of pyridine rings is 1. The molecule has 1 rings (SSSR count). The summed E-state index contributed by atoms with van der Waals surface area (Å²) in [4.78, 5) is 6.31. The van der Waals surface area contributed by atoms with Gasteiger partial charge in [-0.3, -0.25) is 0 Å². The Labute approximate surface area is 96.5 Å². The molecule has 0 amide bonds. The van der Waals surface area contributed by atoms with Crippen LogP contribution < -0.4 is 4.74 Å². The Kier molecular flexibility index (Phi) is 5.30. The van der Waals surface area contributed by atoms with E-state index in [-0.39, 0.29) is 0 Å². The zero-order chi connectivity index (χ0) is 11.8. The molecule has 0 radical (unpaired) electrons. The highest BCUT2D eigenvalue weighted by Crippen LogP contribution is 2.06. The summed E-state index contributed by atoms with van der Waals surface area (Å²) >= 11 is 0.